The highest BCUT2D eigenvalue weighted by Gasteiger charge is 2.30. The first-order valence-electron chi connectivity index (χ1n) is 8.00. The minimum Gasteiger partial charge on any atom is -0.371 e. The van der Waals surface area contributed by atoms with Crippen molar-refractivity contribution >= 4 is 0 Å². The minimum atomic E-state index is -0.0872. The number of fused-ring (bicyclic) bond motifs is 1. The predicted octanol–water partition coefficient (Wildman–Crippen LogP) is 4.25. The topological polar surface area (TPSA) is 21.3 Å². The number of hydrogen-bond acceptors (Lipinski definition) is 2. The first kappa shape index (κ1) is 15.5. The van der Waals surface area contributed by atoms with E-state index in [4.69, 9.17) is 4.74 Å². The van der Waals surface area contributed by atoms with E-state index in [0.29, 0.717) is 6.04 Å². The van der Waals surface area contributed by atoms with Crippen LogP contribution >= 0.6 is 0 Å². The van der Waals surface area contributed by atoms with Gasteiger partial charge in [-0.2, -0.15) is 0 Å². The molecule has 1 aliphatic carbocycles. The van der Waals surface area contributed by atoms with Crippen molar-refractivity contribution in [2.75, 3.05) is 6.54 Å². The number of hydrogen-bond donors (Lipinski definition) is 1. The second-order valence-corrected chi connectivity index (χ2v) is 6.79. The Kier molecular flexibility index (Phi) is 5.22. The summed E-state index contributed by atoms with van der Waals surface area (Å²) >= 11 is 0. The van der Waals surface area contributed by atoms with Crippen LogP contribution in [0.2, 0.25) is 0 Å². The number of rotatable bonds is 4. The van der Waals surface area contributed by atoms with Gasteiger partial charge in [-0.1, -0.05) is 31.2 Å². The van der Waals surface area contributed by atoms with Crippen molar-refractivity contribution in [1.29, 1.82) is 0 Å². The second-order valence-electron chi connectivity index (χ2n) is 6.79. The lowest BCUT2D eigenvalue weighted by molar-refractivity contribution is -0.0785. The largest absolute Gasteiger partial charge is 0.371 e. The quantitative estimate of drug-likeness (QED) is 0.830. The van der Waals surface area contributed by atoms with Gasteiger partial charge in [0, 0.05) is 0 Å². The number of aryl methyl sites for hydroxylation is 1. The third-order valence-electron chi connectivity index (χ3n) is 3.82. The van der Waals surface area contributed by atoms with E-state index in [9.17, 15) is 0 Å². The van der Waals surface area contributed by atoms with Gasteiger partial charge in [-0.25, -0.2) is 0 Å². The van der Waals surface area contributed by atoms with Gasteiger partial charge in [0.2, 0.25) is 0 Å². The van der Waals surface area contributed by atoms with Gasteiger partial charge in [0.1, 0.15) is 0 Å². The van der Waals surface area contributed by atoms with E-state index in [1.807, 2.05) is 0 Å². The average Bonchev–Trinajstić information content (AvgIpc) is 2.54. The Labute approximate surface area is 123 Å². The molecule has 2 rings (SSSR count). The van der Waals surface area contributed by atoms with E-state index in [2.05, 4.69) is 57.3 Å². The molecule has 0 spiro atoms. The highest BCUT2D eigenvalue weighted by Crippen LogP contribution is 2.32. The van der Waals surface area contributed by atoms with Crippen molar-refractivity contribution in [3.63, 3.8) is 0 Å². The molecule has 0 amide bonds. The van der Waals surface area contributed by atoms with Crippen LogP contribution in [0.25, 0.3) is 0 Å². The Hall–Kier alpha value is -0.860. The summed E-state index contributed by atoms with van der Waals surface area (Å²) in [5, 5.41) is 3.72. The normalized spacial score (nSPS) is 23.2. The predicted molar refractivity (Wildman–Crippen MR) is 85.0 cm³/mol. The van der Waals surface area contributed by atoms with Crippen molar-refractivity contribution in [1.82, 2.24) is 5.32 Å². The third-order valence-corrected chi connectivity index (χ3v) is 3.82. The molecule has 1 aromatic rings. The number of ether oxygens (including phenoxy) is 1. The maximum atomic E-state index is 6.36. The molecule has 0 saturated carbocycles. The van der Waals surface area contributed by atoms with Crippen LogP contribution in [0, 0.1) is 0 Å². The summed E-state index contributed by atoms with van der Waals surface area (Å²) in [7, 11) is 0. The molecule has 2 unspecified atom stereocenters. The molecule has 2 nitrogen and oxygen atoms in total. The number of nitrogens with one attached hydrogen (secondary N) is 1. The molecule has 0 bridgehead atoms. The van der Waals surface area contributed by atoms with Crippen LogP contribution in [-0.2, 0) is 11.2 Å². The molecule has 0 aliphatic heterocycles. The Bertz CT molecular complexity index is 422. The monoisotopic (exact) mass is 275 g/mol. The molecule has 0 saturated heterocycles. The van der Waals surface area contributed by atoms with Gasteiger partial charge >= 0.3 is 0 Å². The van der Waals surface area contributed by atoms with Crippen molar-refractivity contribution in [2.45, 2.75) is 71.1 Å². The van der Waals surface area contributed by atoms with Crippen LogP contribution in [0.5, 0.6) is 0 Å². The fourth-order valence-corrected chi connectivity index (χ4v) is 3.05. The lowest BCUT2D eigenvalue weighted by atomic mass is 9.97. The van der Waals surface area contributed by atoms with Gasteiger partial charge in [0.25, 0.3) is 0 Å². The summed E-state index contributed by atoms with van der Waals surface area (Å²) in [4.78, 5) is 0. The van der Waals surface area contributed by atoms with Crippen molar-refractivity contribution in [3.05, 3.63) is 35.4 Å². The maximum absolute atomic E-state index is 6.36. The number of benzene rings is 1. The standard InChI is InChI=1S/C18H29NO/c1-5-13-19-17-15-11-7-6-9-14(15)10-8-12-16(17)20-18(2,3)4/h6-7,9,11,16-17,19H,5,8,10,12-13H2,1-4H3. The van der Waals surface area contributed by atoms with E-state index < -0.39 is 0 Å². The average molecular weight is 275 g/mol. The van der Waals surface area contributed by atoms with Crippen LogP contribution < -0.4 is 5.32 Å². The van der Waals surface area contributed by atoms with Gasteiger partial charge < -0.3 is 10.1 Å². The summed E-state index contributed by atoms with van der Waals surface area (Å²) < 4.78 is 6.36. The molecule has 112 valence electrons. The van der Waals surface area contributed by atoms with Crippen molar-refractivity contribution in [2.24, 2.45) is 0 Å². The highest BCUT2D eigenvalue weighted by atomic mass is 16.5. The van der Waals surface area contributed by atoms with E-state index in [1.54, 1.807) is 0 Å². The minimum absolute atomic E-state index is 0.0872. The molecule has 1 aromatic carbocycles. The Balaban J connectivity index is 2.27. The highest BCUT2D eigenvalue weighted by molar-refractivity contribution is 5.32. The molecule has 0 radical (unpaired) electrons. The summed E-state index contributed by atoms with van der Waals surface area (Å²) in [6.45, 7) is 9.72. The molecule has 2 heteroatoms. The zero-order valence-corrected chi connectivity index (χ0v) is 13.4. The molecule has 0 fully saturated rings. The summed E-state index contributed by atoms with van der Waals surface area (Å²) in [6, 6.07) is 9.18. The van der Waals surface area contributed by atoms with Crippen molar-refractivity contribution < 1.29 is 4.74 Å². The van der Waals surface area contributed by atoms with Crippen LogP contribution in [0.1, 0.15) is 64.1 Å². The summed E-state index contributed by atoms with van der Waals surface area (Å²) in [5.41, 5.74) is 2.84. The lowest BCUT2D eigenvalue weighted by Gasteiger charge is -2.33. The van der Waals surface area contributed by atoms with E-state index in [0.717, 1.165) is 19.4 Å². The molecule has 1 N–H and O–H groups in total. The van der Waals surface area contributed by atoms with E-state index in [1.165, 1.54) is 24.0 Å². The smallest absolute Gasteiger partial charge is 0.0777 e. The molecule has 1 aliphatic rings. The van der Waals surface area contributed by atoms with Crippen molar-refractivity contribution in [3.8, 4) is 0 Å². The van der Waals surface area contributed by atoms with Crippen LogP contribution in [0.15, 0.2) is 24.3 Å². The van der Waals surface area contributed by atoms with Gasteiger partial charge in [0.05, 0.1) is 17.7 Å². The Morgan fingerprint density at radius 1 is 1.25 bits per heavy atom. The van der Waals surface area contributed by atoms with Crippen LogP contribution in [-0.4, -0.2) is 18.2 Å². The molecular formula is C18H29NO. The summed E-state index contributed by atoms with van der Waals surface area (Å²) in [6.07, 6.45) is 4.94. The maximum Gasteiger partial charge on any atom is 0.0777 e. The van der Waals surface area contributed by atoms with E-state index in [-0.39, 0.29) is 11.7 Å². The molecule has 2 atom stereocenters. The van der Waals surface area contributed by atoms with Crippen LogP contribution in [0.4, 0.5) is 0 Å². The fraction of sp³-hybridized carbons (Fsp3) is 0.667. The van der Waals surface area contributed by atoms with Gasteiger partial charge in [-0.15, -0.1) is 0 Å². The molecular weight excluding hydrogens is 246 g/mol. The first-order valence-corrected chi connectivity index (χ1v) is 8.00. The molecule has 0 heterocycles. The zero-order chi connectivity index (χ0) is 14.6. The Morgan fingerprint density at radius 2 is 2.00 bits per heavy atom. The summed E-state index contributed by atoms with van der Waals surface area (Å²) in [5.74, 6) is 0. The van der Waals surface area contributed by atoms with Gasteiger partial charge in [-0.3, -0.25) is 0 Å². The van der Waals surface area contributed by atoms with Crippen LogP contribution in [0.3, 0.4) is 0 Å². The SMILES string of the molecule is CCCNC1c2ccccc2CCCC1OC(C)(C)C. The van der Waals surface area contributed by atoms with Gasteiger partial charge in [-0.05, 0) is 64.1 Å². The molecule has 20 heavy (non-hydrogen) atoms. The Morgan fingerprint density at radius 3 is 2.70 bits per heavy atom. The first-order chi connectivity index (χ1) is 9.51. The zero-order valence-electron chi connectivity index (χ0n) is 13.4. The second kappa shape index (κ2) is 6.73. The lowest BCUT2D eigenvalue weighted by Crippen LogP contribution is -2.38. The van der Waals surface area contributed by atoms with E-state index >= 15 is 0 Å². The van der Waals surface area contributed by atoms with Gasteiger partial charge in [0.15, 0.2) is 0 Å². The third kappa shape index (κ3) is 4.07. The molecule has 0 aromatic heterocycles. The fourth-order valence-electron chi connectivity index (χ4n) is 3.05.